The Labute approximate surface area is 161 Å². The van der Waals surface area contributed by atoms with E-state index in [0.29, 0.717) is 29.7 Å². The van der Waals surface area contributed by atoms with Crippen molar-refractivity contribution >= 4 is 22.4 Å². The number of hydrogen-bond donors (Lipinski definition) is 1. The Morgan fingerprint density at radius 1 is 1.30 bits per heavy atom. The summed E-state index contributed by atoms with van der Waals surface area (Å²) in [4.78, 5) is 22.9. The number of rotatable bonds is 4. The van der Waals surface area contributed by atoms with Gasteiger partial charge < -0.3 is 9.47 Å². The zero-order valence-corrected chi connectivity index (χ0v) is 15.9. The first kappa shape index (κ1) is 17.6. The maximum absolute atomic E-state index is 13.0. The molecule has 1 aliphatic rings. The molecular formula is C20H19N3O3S. The van der Waals surface area contributed by atoms with Crippen LogP contribution in [0.25, 0.3) is 11.1 Å². The number of carbonyl (C=O) groups excluding carboxylic acids is 1. The summed E-state index contributed by atoms with van der Waals surface area (Å²) in [6.45, 7) is 3.13. The van der Waals surface area contributed by atoms with Crippen LogP contribution in [-0.2, 0) is 17.8 Å². The molecule has 3 aromatic rings. The van der Waals surface area contributed by atoms with Gasteiger partial charge in [0.1, 0.15) is 5.75 Å². The second-order valence-electron chi connectivity index (χ2n) is 6.22. The largest absolute Gasteiger partial charge is 0.496 e. The molecule has 0 spiro atoms. The Kier molecular flexibility index (Phi) is 4.87. The van der Waals surface area contributed by atoms with E-state index in [1.165, 1.54) is 11.3 Å². The van der Waals surface area contributed by atoms with Crippen molar-refractivity contribution in [1.82, 2.24) is 9.97 Å². The molecule has 0 bridgehead atoms. The van der Waals surface area contributed by atoms with Gasteiger partial charge in [0, 0.05) is 29.4 Å². The van der Waals surface area contributed by atoms with Gasteiger partial charge in [0.2, 0.25) is 0 Å². The number of nitrogens with one attached hydrogen (secondary N) is 1. The van der Waals surface area contributed by atoms with E-state index in [1.807, 2.05) is 37.3 Å². The van der Waals surface area contributed by atoms with Crippen LogP contribution in [0, 0.1) is 6.92 Å². The first-order valence-electron chi connectivity index (χ1n) is 8.63. The van der Waals surface area contributed by atoms with E-state index in [-0.39, 0.29) is 5.91 Å². The summed E-state index contributed by atoms with van der Waals surface area (Å²) in [6.07, 6.45) is 2.38. The van der Waals surface area contributed by atoms with Crippen molar-refractivity contribution in [3.63, 3.8) is 0 Å². The molecule has 7 heteroatoms. The SMILES string of the molecule is COc1ccccc1-c1cc(C)ncc1C(=O)Nc1nc2c(s1)COCC2. The fourth-order valence-electron chi connectivity index (χ4n) is 3.07. The minimum atomic E-state index is -0.240. The Morgan fingerprint density at radius 3 is 2.96 bits per heavy atom. The van der Waals surface area contributed by atoms with Gasteiger partial charge in [-0.2, -0.15) is 0 Å². The average Bonchev–Trinajstić information content (AvgIpc) is 3.10. The molecule has 1 amide bonds. The maximum atomic E-state index is 13.0. The normalized spacial score (nSPS) is 13.1. The standard InChI is InChI=1S/C20H19N3O3S/c1-12-9-14(13-5-3-4-6-17(13)25-2)15(10-21-12)19(24)23-20-22-16-7-8-26-11-18(16)27-20/h3-6,9-10H,7-8,11H2,1-2H3,(H,22,23,24). The number of methoxy groups -OCH3 is 1. The van der Waals surface area contributed by atoms with Crippen LogP contribution in [0.1, 0.15) is 26.6 Å². The Hall–Kier alpha value is -2.77. The van der Waals surface area contributed by atoms with E-state index < -0.39 is 0 Å². The van der Waals surface area contributed by atoms with Gasteiger partial charge in [0.05, 0.1) is 36.5 Å². The predicted octanol–water partition coefficient (Wildman–Crippen LogP) is 3.85. The lowest BCUT2D eigenvalue weighted by Crippen LogP contribution is -2.14. The highest BCUT2D eigenvalue weighted by Crippen LogP contribution is 2.33. The van der Waals surface area contributed by atoms with Gasteiger partial charge in [0.25, 0.3) is 5.91 Å². The monoisotopic (exact) mass is 381 g/mol. The molecule has 1 aromatic carbocycles. The van der Waals surface area contributed by atoms with E-state index in [1.54, 1.807) is 13.3 Å². The van der Waals surface area contributed by atoms with Gasteiger partial charge in [-0.25, -0.2) is 4.98 Å². The third-order valence-corrected chi connectivity index (χ3v) is 5.38. The number of thiazole rings is 1. The summed E-state index contributed by atoms with van der Waals surface area (Å²) in [5.41, 5.74) is 3.95. The summed E-state index contributed by atoms with van der Waals surface area (Å²) in [6, 6.07) is 9.53. The number of pyridine rings is 1. The molecule has 0 saturated heterocycles. The van der Waals surface area contributed by atoms with Gasteiger partial charge in [0.15, 0.2) is 5.13 Å². The number of aromatic nitrogens is 2. The molecule has 138 valence electrons. The van der Waals surface area contributed by atoms with Crippen molar-refractivity contribution in [2.45, 2.75) is 20.0 Å². The number of hydrogen-bond acceptors (Lipinski definition) is 6. The number of amides is 1. The van der Waals surface area contributed by atoms with Crippen LogP contribution in [0.15, 0.2) is 36.5 Å². The van der Waals surface area contributed by atoms with Crippen LogP contribution >= 0.6 is 11.3 Å². The van der Waals surface area contributed by atoms with Crippen LogP contribution in [0.2, 0.25) is 0 Å². The third-order valence-electron chi connectivity index (χ3n) is 4.40. The van der Waals surface area contributed by atoms with Crippen molar-refractivity contribution in [2.75, 3.05) is 19.0 Å². The van der Waals surface area contributed by atoms with Gasteiger partial charge in [-0.05, 0) is 19.1 Å². The lowest BCUT2D eigenvalue weighted by Gasteiger charge is -2.13. The van der Waals surface area contributed by atoms with Gasteiger partial charge in [-0.15, -0.1) is 0 Å². The fourth-order valence-corrected chi connectivity index (χ4v) is 4.01. The molecule has 3 heterocycles. The van der Waals surface area contributed by atoms with E-state index in [2.05, 4.69) is 15.3 Å². The lowest BCUT2D eigenvalue weighted by molar-refractivity contribution is 0.102. The van der Waals surface area contributed by atoms with E-state index in [4.69, 9.17) is 9.47 Å². The minimum absolute atomic E-state index is 0.240. The lowest BCUT2D eigenvalue weighted by atomic mass is 9.99. The van der Waals surface area contributed by atoms with Gasteiger partial charge in [-0.1, -0.05) is 29.5 Å². The van der Waals surface area contributed by atoms with Crippen LogP contribution in [0.3, 0.4) is 0 Å². The smallest absolute Gasteiger partial charge is 0.259 e. The van der Waals surface area contributed by atoms with Crippen LogP contribution in [0.4, 0.5) is 5.13 Å². The average molecular weight is 381 g/mol. The predicted molar refractivity (Wildman–Crippen MR) is 104 cm³/mol. The molecule has 1 aliphatic heterocycles. The molecule has 6 nitrogen and oxygen atoms in total. The molecule has 4 rings (SSSR count). The molecule has 0 unspecified atom stereocenters. The number of carbonyl (C=O) groups is 1. The zero-order valence-electron chi connectivity index (χ0n) is 15.1. The Morgan fingerprint density at radius 2 is 2.15 bits per heavy atom. The van der Waals surface area contributed by atoms with Gasteiger partial charge >= 0.3 is 0 Å². The molecule has 2 aromatic heterocycles. The molecule has 0 radical (unpaired) electrons. The van der Waals surface area contributed by atoms with Crippen molar-refractivity contribution in [1.29, 1.82) is 0 Å². The van der Waals surface area contributed by atoms with E-state index in [0.717, 1.165) is 33.8 Å². The number of ether oxygens (including phenoxy) is 2. The number of fused-ring (bicyclic) bond motifs is 1. The maximum Gasteiger partial charge on any atom is 0.259 e. The Bertz CT molecular complexity index is 976. The highest BCUT2D eigenvalue weighted by atomic mass is 32.1. The fraction of sp³-hybridized carbons (Fsp3) is 0.250. The summed E-state index contributed by atoms with van der Waals surface area (Å²) < 4.78 is 10.9. The first-order valence-corrected chi connectivity index (χ1v) is 9.45. The molecule has 1 N–H and O–H groups in total. The second-order valence-corrected chi connectivity index (χ2v) is 7.30. The third kappa shape index (κ3) is 3.56. The molecule has 0 saturated carbocycles. The van der Waals surface area contributed by atoms with E-state index in [9.17, 15) is 4.79 Å². The molecule has 27 heavy (non-hydrogen) atoms. The van der Waals surface area contributed by atoms with Crippen molar-refractivity contribution in [3.8, 4) is 16.9 Å². The molecular weight excluding hydrogens is 362 g/mol. The quantitative estimate of drug-likeness (QED) is 0.743. The number of anilines is 1. The summed E-state index contributed by atoms with van der Waals surface area (Å²) >= 11 is 1.46. The molecule has 0 aliphatic carbocycles. The second kappa shape index (κ2) is 7.46. The van der Waals surface area contributed by atoms with Crippen molar-refractivity contribution < 1.29 is 14.3 Å². The zero-order chi connectivity index (χ0) is 18.8. The van der Waals surface area contributed by atoms with Gasteiger partial charge in [-0.3, -0.25) is 15.1 Å². The van der Waals surface area contributed by atoms with Crippen LogP contribution < -0.4 is 10.1 Å². The number of para-hydroxylation sites is 1. The number of nitrogens with zero attached hydrogens (tertiary/aromatic N) is 2. The van der Waals surface area contributed by atoms with Crippen molar-refractivity contribution in [2.24, 2.45) is 0 Å². The highest BCUT2D eigenvalue weighted by molar-refractivity contribution is 7.15. The topological polar surface area (TPSA) is 73.3 Å². The van der Waals surface area contributed by atoms with Crippen molar-refractivity contribution in [3.05, 3.63) is 58.4 Å². The summed E-state index contributed by atoms with van der Waals surface area (Å²) in [5.74, 6) is 0.467. The Balaban J connectivity index is 1.69. The van der Waals surface area contributed by atoms with E-state index >= 15 is 0 Å². The molecule has 0 atom stereocenters. The first-order chi connectivity index (χ1) is 13.2. The summed E-state index contributed by atoms with van der Waals surface area (Å²) in [7, 11) is 1.62. The number of aryl methyl sites for hydroxylation is 1. The molecule has 0 fully saturated rings. The van der Waals surface area contributed by atoms with Crippen LogP contribution in [0.5, 0.6) is 5.75 Å². The summed E-state index contributed by atoms with van der Waals surface area (Å²) in [5, 5.41) is 3.50. The minimum Gasteiger partial charge on any atom is -0.496 e. The van der Waals surface area contributed by atoms with Crippen LogP contribution in [-0.4, -0.2) is 29.6 Å². The highest BCUT2D eigenvalue weighted by Gasteiger charge is 2.20. The number of benzene rings is 1.